The number of hydrogen-bond acceptors (Lipinski definition) is 3. The van der Waals surface area contributed by atoms with Crippen LogP contribution < -0.4 is 5.32 Å². The van der Waals surface area contributed by atoms with Crippen LogP contribution in [0, 0.1) is 0 Å². The molecule has 1 heterocycles. The Hall–Kier alpha value is -0.510. The van der Waals surface area contributed by atoms with E-state index in [0.717, 1.165) is 13.0 Å². The number of nitrogens with one attached hydrogen (secondary N) is 1. The van der Waals surface area contributed by atoms with Crippen molar-refractivity contribution in [2.45, 2.75) is 23.9 Å². The Labute approximate surface area is 88.7 Å². The number of aliphatic hydroxyl groups excluding tert-OH is 1. The lowest BCUT2D eigenvalue weighted by atomic mass is 9.96. The van der Waals surface area contributed by atoms with Crippen LogP contribution in [0.2, 0.25) is 0 Å². The van der Waals surface area contributed by atoms with Crippen LogP contribution in [0.25, 0.3) is 0 Å². The summed E-state index contributed by atoms with van der Waals surface area (Å²) in [6, 6.07) is 6.66. The molecule has 0 saturated carbocycles. The Morgan fingerprint density at radius 1 is 1.57 bits per heavy atom. The zero-order chi connectivity index (χ0) is 9.97. The number of rotatable bonds is 2. The smallest absolute Gasteiger partial charge is 0.0587 e. The molecular weight excluding hydrogens is 194 g/mol. The molecule has 0 amide bonds. The molecule has 1 aromatic rings. The van der Waals surface area contributed by atoms with Crippen LogP contribution in [-0.4, -0.2) is 24.0 Å². The zero-order valence-electron chi connectivity index (χ0n) is 8.29. The predicted molar refractivity (Wildman–Crippen MR) is 59.6 cm³/mol. The minimum absolute atomic E-state index is 0.225. The lowest BCUT2D eigenvalue weighted by Crippen LogP contribution is -2.38. The van der Waals surface area contributed by atoms with Crippen molar-refractivity contribution >= 4 is 11.8 Å². The molecule has 2 rings (SSSR count). The summed E-state index contributed by atoms with van der Waals surface area (Å²) >= 11 is 1.79. The fraction of sp³-hybridized carbons (Fsp3) is 0.455. The highest BCUT2D eigenvalue weighted by molar-refractivity contribution is 7.98. The summed E-state index contributed by atoms with van der Waals surface area (Å²) in [6.07, 6.45) is 3.05. The van der Waals surface area contributed by atoms with E-state index in [9.17, 15) is 0 Å². The van der Waals surface area contributed by atoms with Crippen LogP contribution in [0.1, 0.15) is 11.1 Å². The van der Waals surface area contributed by atoms with Gasteiger partial charge in [0.2, 0.25) is 0 Å². The predicted octanol–water partition coefficient (Wildman–Crippen LogP) is 1.42. The highest BCUT2D eigenvalue weighted by Gasteiger charge is 2.18. The van der Waals surface area contributed by atoms with Gasteiger partial charge in [-0.05, 0) is 29.9 Å². The molecule has 3 heteroatoms. The average molecular weight is 209 g/mol. The van der Waals surface area contributed by atoms with Gasteiger partial charge in [-0.3, -0.25) is 0 Å². The van der Waals surface area contributed by atoms with E-state index in [1.165, 1.54) is 16.0 Å². The van der Waals surface area contributed by atoms with Crippen LogP contribution >= 0.6 is 11.8 Å². The molecule has 2 nitrogen and oxygen atoms in total. The van der Waals surface area contributed by atoms with Crippen molar-refractivity contribution in [3.63, 3.8) is 0 Å². The first kappa shape index (κ1) is 10.0. The largest absolute Gasteiger partial charge is 0.395 e. The molecule has 0 unspecified atom stereocenters. The number of benzene rings is 1. The van der Waals surface area contributed by atoms with Crippen molar-refractivity contribution in [1.29, 1.82) is 0 Å². The molecule has 2 N–H and O–H groups in total. The van der Waals surface area contributed by atoms with E-state index in [-0.39, 0.29) is 12.6 Å². The Morgan fingerprint density at radius 2 is 2.43 bits per heavy atom. The Kier molecular flexibility index (Phi) is 3.11. The second kappa shape index (κ2) is 4.34. The van der Waals surface area contributed by atoms with E-state index in [0.29, 0.717) is 0 Å². The normalized spacial score (nSPS) is 20.6. The van der Waals surface area contributed by atoms with E-state index in [4.69, 9.17) is 5.11 Å². The van der Waals surface area contributed by atoms with Crippen LogP contribution in [0.15, 0.2) is 23.1 Å². The molecule has 1 aliphatic heterocycles. The van der Waals surface area contributed by atoms with Crippen LogP contribution in [-0.2, 0) is 13.0 Å². The van der Waals surface area contributed by atoms with Crippen molar-refractivity contribution in [3.05, 3.63) is 29.3 Å². The minimum atomic E-state index is 0.225. The SMILES string of the molecule is CSc1cccc2c1CN[C@@H](CO)C2. The number of thioether (sulfide) groups is 1. The topological polar surface area (TPSA) is 32.3 Å². The summed E-state index contributed by atoms with van der Waals surface area (Å²) in [6.45, 7) is 1.11. The summed E-state index contributed by atoms with van der Waals surface area (Å²) in [4.78, 5) is 1.35. The third-order valence-corrected chi connectivity index (χ3v) is 3.53. The maximum atomic E-state index is 9.08. The molecule has 14 heavy (non-hydrogen) atoms. The summed E-state index contributed by atoms with van der Waals surface area (Å²) in [5, 5.41) is 12.4. The first-order chi connectivity index (χ1) is 6.85. The third-order valence-electron chi connectivity index (χ3n) is 2.70. The molecule has 0 fully saturated rings. The fourth-order valence-corrected chi connectivity index (χ4v) is 2.57. The van der Waals surface area contributed by atoms with Gasteiger partial charge in [-0.2, -0.15) is 0 Å². The van der Waals surface area contributed by atoms with Gasteiger partial charge in [-0.1, -0.05) is 12.1 Å². The van der Waals surface area contributed by atoms with Crippen LogP contribution in [0.5, 0.6) is 0 Å². The summed E-state index contributed by atoms with van der Waals surface area (Å²) in [5.41, 5.74) is 2.79. The van der Waals surface area contributed by atoms with Crippen LogP contribution in [0.3, 0.4) is 0 Å². The lowest BCUT2D eigenvalue weighted by molar-refractivity contribution is 0.235. The molecule has 0 bridgehead atoms. The van der Waals surface area contributed by atoms with Gasteiger partial charge >= 0.3 is 0 Å². The molecule has 0 spiro atoms. The first-order valence-corrected chi connectivity index (χ1v) is 6.06. The zero-order valence-corrected chi connectivity index (χ0v) is 9.10. The number of fused-ring (bicyclic) bond motifs is 1. The van der Waals surface area contributed by atoms with E-state index in [1.807, 2.05) is 0 Å². The van der Waals surface area contributed by atoms with Gasteiger partial charge in [0.1, 0.15) is 0 Å². The Balaban J connectivity index is 2.30. The quantitative estimate of drug-likeness (QED) is 0.722. The monoisotopic (exact) mass is 209 g/mol. The third kappa shape index (κ3) is 1.80. The van der Waals surface area contributed by atoms with Gasteiger partial charge in [0, 0.05) is 17.5 Å². The van der Waals surface area contributed by atoms with Gasteiger partial charge in [0.15, 0.2) is 0 Å². The Bertz CT molecular complexity index is 327. The second-order valence-electron chi connectivity index (χ2n) is 3.56. The van der Waals surface area contributed by atoms with Gasteiger partial charge in [-0.15, -0.1) is 11.8 Å². The highest BCUT2D eigenvalue weighted by atomic mass is 32.2. The number of aliphatic hydroxyl groups is 1. The molecule has 0 saturated heterocycles. The molecule has 1 aliphatic rings. The molecule has 1 atom stereocenters. The van der Waals surface area contributed by atoms with Crippen molar-refractivity contribution in [2.24, 2.45) is 0 Å². The maximum absolute atomic E-state index is 9.08. The van der Waals surface area contributed by atoms with Crippen molar-refractivity contribution < 1.29 is 5.11 Å². The van der Waals surface area contributed by atoms with Crippen molar-refractivity contribution in [3.8, 4) is 0 Å². The van der Waals surface area contributed by atoms with E-state index in [1.54, 1.807) is 11.8 Å². The molecule has 0 radical (unpaired) electrons. The summed E-state index contributed by atoms with van der Waals surface area (Å²) in [7, 11) is 0. The van der Waals surface area contributed by atoms with Crippen molar-refractivity contribution in [2.75, 3.05) is 12.9 Å². The van der Waals surface area contributed by atoms with Gasteiger partial charge in [0.05, 0.1) is 6.61 Å². The molecular formula is C11H15NOS. The summed E-state index contributed by atoms with van der Waals surface area (Å²) < 4.78 is 0. The molecule has 0 aliphatic carbocycles. The molecule has 0 aromatic heterocycles. The van der Waals surface area contributed by atoms with Gasteiger partial charge in [0.25, 0.3) is 0 Å². The van der Waals surface area contributed by atoms with E-state index >= 15 is 0 Å². The maximum Gasteiger partial charge on any atom is 0.0587 e. The standard InChI is InChI=1S/C11H15NOS/c1-14-11-4-2-3-8-5-9(7-13)12-6-10(8)11/h2-4,9,12-13H,5-7H2,1H3/t9-/m1/s1. The molecule has 76 valence electrons. The van der Waals surface area contributed by atoms with Crippen molar-refractivity contribution in [1.82, 2.24) is 5.32 Å². The fourth-order valence-electron chi connectivity index (χ4n) is 1.91. The second-order valence-corrected chi connectivity index (χ2v) is 4.41. The van der Waals surface area contributed by atoms with E-state index in [2.05, 4.69) is 29.8 Å². The minimum Gasteiger partial charge on any atom is -0.395 e. The first-order valence-electron chi connectivity index (χ1n) is 4.84. The van der Waals surface area contributed by atoms with Crippen LogP contribution in [0.4, 0.5) is 0 Å². The number of hydrogen-bond donors (Lipinski definition) is 2. The van der Waals surface area contributed by atoms with Gasteiger partial charge in [-0.25, -0.2) is 0 Å². The summed E-state index contributed by atoms with van der Waals surface area (Å²) in [5.74, 6) is 0. The highest BCUT2D eigenvalue weighted by Crippen LogP contribution is 2.26. The van der Waals surface area contributed by atoms with Gasteiger partial charge < -0.3 is 10.4 Å². The average Bonchev–Trinajstić information content (AvgIpc) is 2.27. The Morgan fingerprint density at radius 3 is 3.14 bits per heavy atom. The molecule has 1 aromatic carbocycles. The lowest BCUT2D eigenvalue weighted by Gasteiger charge is -2.26. The van der Waals surface area contributed by atoms with E-state index < -0.39 is 0 Å².